The van der Waals surface area contributed by atoms with E-state index in [0.717, 1.165) is 5.56 Å². The largest absolute Gasteiger partial charge is 0.318 e. The summed E-state index contributed by atoms with van der Waals surface area (Å²) >= 11 is 7.33. The van der Waals surface area contributed by atoms with Crippen molar-refractivity contribution in [3.05, 3.63) is 29.3 Å². The van der Waals surface area contributed by atoms with Crippen molar-refractivity contribution >= 4 is 34.0 Å². The molecule has 0 unspecified atom stereocenters. The van der Waals surface area contributed by atoms with Crippen molar-refractivity contribution < 1.29 is 4.79 Å². The first-order valence-electron chi connectivity index (χ1n) is 5.56. The standard InChI is InChI=1S/C12H13ClN4OS/c1-12(2,14)10(18)15-11-17-16-9(19-11)7-5-3-4-6-8(7)13/h3-6H,14H2,1-2H3,(H,15,17,18). The number of anilines is 1. The topological polar surface area (TPSA) is 80.9 Å². The number of aromatic nitrogens is 2. The lowest BCUT2D eigenvalue weighted by molar-refractivity contribution is -0.120. The molecule has 0 fully saturated rings. The molecular weight excluding hydrogens is 284 g/mol. The van der Waals surface area contributed by atoms with Gasteiger partial charge in [-0.1, -0.05) is 41.1 Å². The van der Waals surface area contributed by atoms with E-state index >= 15 is 0 Å². The van der Waals surface area contributed by atoms with E-state index in [-0.39, 0.29) is 5.91 Å². The molecule has 0 bridgehead atoms. The minimum Gasteiger partial charge on any atom is -0.318 e. The zero-order valence-electron chi connectivity index (χ0n) is 10.5. The third kappa shape index (κ3) is 3.28. The van der Waals surface area contributed by atoms with E-state index < -0.39 is 5.54 Å². The Morgan fingerprint density at radius 3 is 2.68 bits per heavy atom. The van der Waals surface area contributed by atoms with Gasteiger partial charge in [-0.25, -0.2) is 0 Å². The zero-order chi connectivity index (χ0) is 14.0. The van der Waals surface area contributed by atoms with Gasteiger partial charge in [0.05, 0.1) is 10.6 Å². The molecule has 19 heavy (non-hydrogen) atoms. The van der Waals surface area contributed by atoms with Crippen LogP contribution in [0.2, 0.25) is 5.02 Å². The summed E-state index contributed by atoms with van der Waals surface area (Å²) in [6, 6.07) is 7.33. The maximum absolute atomic E-state index is 11.7. The van der Waals surface area contributed by atoms with Gasteiger partial charge in [-0.15, -0.1) is 10.2 Å². The molecule has 7 heteroatoms. The molecule has 0 aliphatic rings. The highest BCUT2D eigenvalue weighted by Crippen LogP contribution is 2.31. The summed E-state index contributed by atoms with van der Waals surface area (Å²) in [5, 5.41) is 12.2. The molecule has 0 aliphatic heterocycles. The molecule has 0 saturated heterocycles. The molecule has 2 aromatic rings. The normalized spacial score (nSPS) is 11.4. The van der Waals surface area contributed by atoms with Crippen LogP contribution in [0.15, 0.2) is 24.3 Å². The highest BCUT2D eigenvalue weighted by Gasteiger charge is 2.23. The second-order valence-corrected chi connectivity index (χ2v) is 5.95. The van der Waals surface area contributed by atoms with E-state index in [9.17, 15) is 4.79 Å². The monoisotopic (exact) mass is 296 g/mol. The summed E-state index contributed by atoms with van der Waals surface area (Å²) in [6.45, 7) is 3.25. The molecule has 0 atom stereocenters. The highest BCUT2D eigenvalue weighted by molar-refractivity contribution is 7.18. The van der Waals surface area contributed by atoms with E-state index in [1.807, 2.05) is 18.2 Å². The molecule has 3 N–H and O–H groups in total. The molecule has 1 heterocycles. The average molecular weight is 297 g/mol. The number of nitrogens with one attached hydrogen (secondary N) is 1. The van der Waals surface area contributed by atoms with Gasteiger partial charge in [0.15, 0.2) is 5.01 Å². The van der Waals surface area contributed by atoms with Crippen molar-refractivity contribution in [1.82, 2.24) is 10.2 Å². The lowest BCUT2D eigenvalue weighted by Crippen LogP contribution is -2.45. The van der Waals surface area contributed by atoms with Gasteiger partial charge in [-0.3, -0.25) is 10.1 Å². The van der Waals surface area contributed by atoms with Crippen molar-refractivity contribution in [2.45, 2.75) is 19.4 Å². The van der Waals surface area contributed by atoms with E-state index in [1.165, 1.54) is 11.3 Å². The maximum Gasteiger partial charge on any atom is 0.245 e. The van der Waals surface area contributed by atoms with E-state index in [2.05, 4.69) is 15.5 Å². The molecule has 0 radical (unpaired) electrons. The van der Waals surface area contributed by atoms with Gasteiger partial charge in [-0.2, -0.15) is 0 Å². The van der Waals surface area contributed by atoms with Crippen molar-refractivity contribution in [3.8, 4) is 10.6 Å². The first-order valence-corrected chi connectivity index (χ1v) is 6.76. The fraction of sp³-hybridized carbons (Fsp3) is 0.250. The van der Waals surface area contributed by atoms with Crippen molar-refractivity contribution in [2.75, 3.05) is 5.32 Å². The second kappa shape index (κ2) is 5.24. The lowest BCUT2D eigenvalue weighted by atomic mass is 10.1. The summed E-state index contributed by atoms with van der Waals surface area (Å²) in [4.78, 5) is 11.7. The number of rotatable bonds is 3. The Morgan fingerprint density at radius 2 is 2.05 bits per heavy atom. The summed E-state index contributed by atoms with van der Waals surface area (Å²) in [5.74, 6) is -0.311. The van der Waals surface area contributed by atoms with Crippen LogP contribution in [0, 0.1) is 0 Å². The van der Waals surface area contributed by atoms with Crippen LogP contribution < -0.4 is 11.1 Å². The second-order valence-electron chi connectivity index (χ2n) is 4.57. The predicted octanol–water partition coefficient (Wildman–Crippen LogP) is 2.53. The number of carbonyl (C=O) groups excluding carboxylic acids is 1. The van der Waals surface area contributed by atoms with Gasteiger partial charge in [0.25, 0.3) is 0 Å². The van der Waals surface area contributed by atoms with Crippen molar-refractivity contribution in [3.63, 3.8) is 0 Å². The number of hydrogen-bond acceptors (Lipinski definition) is 5. The van der Waals surface area contributed by atoms with Crippen LogP contribution in [0.25, 0.3) is 10.6 Å². The minimum atomic E-state index is -0.962. The zero-order valence-corrected chi connectivity index (χ0v) is 12.0. The van der Waals surface area contributed by atoms with Gasteiger partial charge in [0, 0.05) is 5.56 Å². The van der Waals surface area contributed by atoms with Gasteiger partial charge in [-0.05, 0) is 19.9 Å². The number of carbonyl (C=O) groups is 1. The van der Waals surface area contributed by atoms with Gasteiger partial charge >= 0.3 is 0 Å². The van der Waals surface area contributed by atoms with E-state index in [0.29, 0.717) is 15.2 Å². The number of halogens is 1. The molecular formula is C12H13ClN4OS. The third-order valence-electron chi connectivity index (χ3n) is 2.33. The molecule has 1 aromatic heterocycles. The van der Waals surface area contributed by atoms with Crippen LogP contribution in [0.4, 0.5) is 5.13 Å². The highest BCUT2D eigenvalue weighted by atomic mass is 35.5. The third-order valence-corrected chi connectivity index (χ3v) is 3.54. The molecule has 2 rings (SSSR count). The lowest BCUT2D eigenvalue weighted by Gasteiger charge is -2.15. The summed E-state index contributed by atoms with van der Waals surface area (Å²) in [7, 11) is 0. The Balaban J connectivity index is 2.21. The minimum absolute atomic E-state index is 0.311. The van der Waals surface area contributed by atoms with Crippen molar-refractivity contribution in [2.24, 2.45) is 5.73 Å². The fourth-order valence-corrected chi connectivity index (χ4v) is 2.33. The van der Waals surface area contributed by atoms with Crippen LogP contribution in [-0.4, -0.2) is 21.6 Å². The number of nitrogens with zero attached hydrogens (tertiary/aromatic N) is 2. The summed E-state index contributed by atoms with van der Waals surface area (Å²) in [5.41, 5.74) is 5.52. The van der Waals surface area contributed by atoms with Gasteiger partial charge in [0.1, 0.15) is 0 Å². The first-order chi connectivity index (χ1) is 8.88. The Kier molecular flexibility index (Phi) is 3.84. The number of benzene rings is 1. The molecule has 0 aliphatic carbocycles. The molecule has 1 aromatic carbocycles. The Hall–Kier alpha value is -1.50. The van der Waals surface area contributed by atoms with Crippen LogP contribution in [-0.2, 0) is 4.79 Å². The summed E-state index contributed by atoms with van der Waals surface area (Å²) < 4.78 is 0. The van der Waals surface area contributed by atoms with Crippen LogP contribution in [0.3, 0.4) is 0 Å². The quantitative estimate of drug-likeness (QED) is 0.912. The molecule has 100 valence electrons. The number of amides is 1. The molecule has 0 saturated carbocycles. The molecule has 1 amide bonds. The smallest absolute Gasteiger partial charge is 0.245 e. The van der Waals surface area contributed by atoms with Crippen LogP contribution in [0.5, 0.6) is 0 Å². The molecule has 0 spiro atoms. The van der Waals surface area contributed by atoms with Crippen LogP contribution in [0.1, 0.15) is 13.8 Å². The maximum atomic E-state index is 11.7. The number of nitrogens with two attached hydrogens (primary N) is 1. The van der Waals surface area contributed by atoms with Crippen LogP contribution >= 0.6 is 22.9 Å². The first kappa shape index (κ1) is 13.9. The number of hydrogen-bond donors (Lipinski definition) is 2. The summed E-state index contributed by atoms with van der Waals surface area (Å²) in [6.07, 6.45) is 0. The van der Waals surface area contributed by atoms with Crippen molar-refractivity contribution in [1.29, 1.82) is 0 Å². The van der Waals surface area contributed by atoms with E-state index in [1.54, 1.807) is 19.9 Å². The van der Waals surface area contributed by atoms with Gasteiger partial charge < -0.3 is 5.73 Å². The Morgan fingerprint density at radius 1 is 1.37 bits per heavy atom. The molecule has 5 nitrogen and oxygen atoms in total. The Bertz CT molecular complexity index is 606. The fourth-order valence-electron chi connectivity index (χ4n) is 1.28. The average Bonchev–Trinajstić information content (AvgIpc) is 2.76. The Labute approximate surface area is 119 Å². The SMILES string of the molecule is CC(C)(N)C(=O)Nc1nnc(-c2ccccc2Cl)s1. The van der Waals surface area contributed by atoms with E-state index in [4.69, 9.17) is 17.3 Å². The van der Waals surface area contributed by atoms with Gasteiger partial charge in [0.2, 0.25) is 11.0 Å². The predicted molar refractivity (Wildman–Crippen MR) is 77.3 cm³/mol.